The maximum absolute atomic E-state index is 4.20. The van der Waals surface area contributed by atoms with Crippen LogP contribution in [-0.2, 0) is 13.5 Å². The van der Waals surface area contributed by atoms with E-state index in [9.17, 15) is 0 Å². The van der Waals surface area contributed by atoms with Crippen molar-refractivity contribution < 1.29 is 0 Å². The Labute approximate surface area is 117 Å². The Morgan fingerprint density at radius 2 is 2.00 bits per heavy atom. The SMILES string of the molecule is CC(CCc1cnn(C)c1)C(Br)c1ccccc1. The van der Waals surface area contributed by atoms with E-state index in [4.69, 9.17) is 0 Å². The second-order valence-corrected chi connectivity index (χ2v) is 5.84. The van der Waals surface area contributed by atoms with Gasteiger partial charge in [0.15, 0.2) is 0 Å². The van der Waals surface area contributed by atoms with Crippen LogP contribution in [0.25, 0.3) is 0 Å². The molecular weight excluding hydrogens is 288 g/mol. The van der Waals surface area contributed by atoms with Crippen LogP contribution in [0, 0.1) is 5.92 Å². The largest absolute Gasteiger partial charge is 0.276 e. The first-order valence-corrected chi connectivity index (χ1v) is 7.25. The van der Waals surface area contributed by atoms with Gasteiger partial charge in [-0.2, -0.15) is 5.10 Å². The summed E-state index contributed by atoms with van der Waals surface area (Å²) in [6.45, 7) is 2.29. The van der Waals surface area contributed by atoms with E-state index in [-0.39, 0.29) is 0 Å². The third-order valence-electron chi connectivity index (χ3n) is 3.26. The van der Waals surface area contributed by atoms with E-state index in [0.717, 1.165) is 12.8 Å². The van der Waals surface area contributed by atoms with Gasteiger partial charge in [-0.1, -0.05) is 53.2 Å². The average Bonchev–Trinajstić information content (AvgIpc) is 2.82. The molecule has 0 radical (unpaired) electrons. The molecule has 0 N–H and O–H groups in total. The lowest BCUT2D eigenvalue weighted by atomic mass is 9.95. The number of benzene rings is 1. The molecule has 0 spiro atoms. The Balaban J connectivity index is 1.90. The Kier molecular flexibility index (Phi) is 4.59. The van der Waals surface area contributed by atoms with Crippen molar-refractivity contribution in [3.8, 4) is 0 Å². The summed E-state index contributed by atoms with van der Waals surface area (Å²) in [7, 11) is 1.96. The Morgan fingerprint density at radius 1 is 1.28 bits per heavy atom. The van der Waals surface area contributed by atoms with Crippen LogP contribution in [0.3, 0.4) is 0 Å². The number of nitrogens with zero attached hydrogens (tertiary/aromatic N) is 2. The van der Waals surface area contributed by atoms with E-state index in [1.165, 1.54) is 11.1 Å². The highest BCUT2D eigenvalue weighted by Gasteiger charge is 2.15. The molecule has 18 heavy (non-hydrogen) atoms. The fraction of sp³-hybridized carbons (Fsp3) is 0.400. The van der Waals surface area contributed by atoms with Crippen LogP contribution >= 0.6 is 15.9 Å². The molecule has 0 saturated heterocycles. The fourth-order valence-corrected chi connectivity index (χ4v) is 2.68. The summed E-state index contributed by atoms with van der Waals surface area (Å²) in [6.07, 6.45) is 6.30. The molecule has 0 bridgehead atoms. The minimum atomic E-state index is 0.426. The molecule has 0 aliphatic rings. The van der Waals surface area contributed by atoms with Gasteiger partial charge in [-0.3, -0.25) is 4.68 Å². The van der Waals surface area contributed by atoms with E-state index in [1.807, 2.05) is 17.9 Å². The maximum atomic E-state index is 4.20. The standard InChI is InChI=1S/C15H19BrN2/c1-12(8-9-13-10-17-18(2)11-13)15(16)14-6-4-3-5-7-14/h3-7,10-12,15H,8-9H2,1-2H3. The van der Waals surface area contributed by atoms with Crippen molar-refractivity contribution in [1.29, 1.82) is 0 Å². The quantitative estimate of drug-likeness (QED) is 0.760. The molecule has 0 fully saturated rings. The highest BCUT2D eigenvalue weighted by atomic mass is 79.9. The van der Waals surface area contributed by atoms with Crippen LogP contribution in [-0.4, -0.2) is 9.78 Å². The van der Waals surface area contributed by atoms with Crippen LogP contribution < -0.4 is 0 Å². The first kappa shape index (κ1) is 13.3. The molecule has 0 aliphatic heterocycles. The van der Waals surface area contributed by atoms with Crippen molar-refractivity contribution >= 4 is 15.9 Å². The van der Waals surface area contributed by atoms with Gasteiger partial charge in [0.25, 0.3) is 0 Å². The summed E-state index contributed by atoms with van der Waals surface area (Å²) in [5.74, 6) is 0.604. The van der Waals surface area contributed by atoms with Gasteiger partial charge in [-0.05, 0) is 29.9 Å². The van der Waals surface area contributed by atoms with Crippen molar-refractivity contribution in [2.24, 2.45) is 13.0 Å². The molecule has 96 valence electrons. The molecule has 1 aromatic carbocycles. The van der Waals surface area contributed by atoms with Gasteiger partial charge in [-0.25, -0.2) is 0 Å². The van der Waals surface area contributed by atoms with Crippen molar-refractivity contribution in [1.82, 2.24) is 9.78 Å². The second kappa shape index (κ2) is 6.19. The molecular formula is C15H19BrN2. The van der Waals surface area contributed by atoms with Crippen molar-refractivity contribution in [2.75, 3.05) is 0 Å². The van der Waals surface area contributed by atoms with Crippen LogP contribution in [0.2, 0.25) is 0 Å². The van der Waals surface area contributed by atoms with Gasteiger partial charge >= 0.3 is 0 Å². The third kappa shape index (κ3) is 3.45. The summed E-state index contributed by atoms with van der Waals surface area (Å²) < 4.78 is 1.86. The molecule has 2 atom stereocenters. The van der Waals surface area contributed by atoms with Gasteiger partial charge in [0.1, 0.15) is 0 Å². The molecule has 2 nitrogen and oxygen atoms in total. The number of aryl methyl sites for hydroxylation is 2. The minimum Gasteiger partial charge on any atom is -0.276 e. The van der Waals surface area contributed by atoms with Gasteiger partial charge < -0.3 is 0 Å². The molecule has 2 aromatic rings. The molecule has 1 aromatic heterocycles. The summed E-state index contributed by atoms with van der Waals surface area (Å²) in [5, 5.41) is 4.20. The topological polar surface area (TPSA) is 17.8 Å². The number of alkyl halides is 1. The maximum Gasteiger partial charge on any atom is 0.0521 e. The lowest BCUT2D eigenvalue weighted by molar-refractivity contribution is 0.526. The minimum absolute atomic E-state index is 0.426. The van der Waals surface area contributed by atoms with Crippen LogP contribution in [0.15, 0.2) is 42.7 Å². The average molecular weight is 307 g/mol. The van der Waals surface area contributed by atoms with Crippen LogP contribution in [0.5, 0.6) is 0 Å². The molecule has 1 heterocycles. The highest BCUT2D eigenvalue weighted by Crippen LogP contribution is 2.33. The Morgan fingerprint density at radius 3 is 2.61 bits per heavy atom. The smallest absolute Gasteiger partial charge is 0.0521 e. The van der Waals surface area contributed by atoms with Gasteiger partial charge in [0.2, 0.25) is 0 Å². The number of hydrogen-bond acceptors (Lipinski definition) is 1. The zero-order valence-corrected chi connectivity index (χ0v) is 12.5. The number of halogens is 1. The summed E-state index contributed by atoms with van der Waals surface area (Å²) in [4.78, 5) is 0.426. The number of hydrogen-bond donors (Lipinski definition) is 0. The molecule has 0 amide bonds. The monoisotopic (exact) mass is 306 g/mol. The predicted molar refractivity (Wildman–Crippen MR) is 78.8 cm³/mol. The third-order valence-corrected chi connectivity index (χ3v) is 4.70. The fourth-order valence-electron chi connectivity index (χ4n) is 2.11. The molecule has 2 rings (SSSR count). The lowest BCUT2D eigenvalue weighted by Crippen LogP contribution is -2.04. The first-order valence-electron chi connectivity index (χ1n) is 6.33. The van der Waals surface area contributed by atoms with Gasteiger partial charge in [-0.15, -0.1) is 0 Å². The van der Waals surface area contributed by atoms with Gasteiger partial charge in [0.05, 0.1) is 6.20 Å². The highest BCUT2D eigenvalue weighted by molar-refractivity contribution is 9.09. The Bertz CT molecular complexity index is 478. The van der Waals surface area contributed by atoms with Gasteiger partial charge in [0, 0.05) is 18.1 Å². The summed E-state index contributed by atoms with van der Waals surface area (Å²) >= 11 is 3.81. The lowest BCUT2D eigenvalue weighted by Gasteiger charge is -2.18. The first-order chi connectivity index (χ1) is 8.66. The molecule has 2 unspecified atom stereocenters. The van der Waals surface area contributed by atoms with E-state index in [0.29, 0.717) is 10.7 Å². The number of aromatic nitrogens is 2. The van der Waals surface area contributed by atoms with E-state index >= 15 is 0 Å². The Hall–Kier alpha value is -1.09. The van der Waals surface area contributed by atoms with Crippen LogP contribution in [0.1, 0.15) is 29.3 Å². The molecule has 0 aliphatic carbocycles. The summed E-state index contributed by atoms with van der Waals surface area (Å²) in [6, 6.07) is 10.6. The zero-order valence-electron chi connectivity index (χ0n) is 10.9. The number of rotatable bonds is 5. The van der Waals surface area contributed by atoms with E-state index in [1.54, 1.807) is 0 Å². The molecule has 0 saturated carbocycles. The molecule has 3 heteroatoms. The van der Waals surface area contributed by atoms with E-state index < -0.39 is 0 Å². The second-order valence-electron chi connectivity index (χ2n) is 4.85. The van der Waals surface area contributed by atoms with Crippen molar-refractivity contribution in [3.05, 3.63) is 53.9 Å². The summed E-state index contributed by atoms with van der Waals surface area (Å²) in [5.41, 5.74) is 2.67. The predicted octanol–water partition coefficient (Wildman–Crippen LogP) is 4.13. The zero-order chi connectivity index (χ0) is 13.0. The normalized spacial score (nSPS) is 14.4. The van der Waals surface area contributed by atoms with E-state index in [2.05, 4.69) is 64.5 Å². The van der Waals surface area contributed by atoms with Crippen molar-refractivity contribution in [2.45, 2.75) is 24.6 Å². The van der Waals surface area contributed by atoms with Crippen molar-refractivity contribution in [3.63, 3.8) is 0 Å². The van der Waals surface area contributed by atoms with Crippen LogP contribution in [0.4, 0.5) is 0 Å².